The molecular weight excluding hydrogens is 252 g/mol. The Bertz CT molecular complexity index is 459. The van der Waals surface area contributed by atoms with Gasteiger partial charge < -0.3 is 9.47 Å². The molecule has 1 aromatic rings. The molecule has 3 rings (SSSR count). The zero-order valence-corrected chi connectivity index (χ0v) is 10.5. The van der Waals surface area contributed by atoms with Crippen LogP contribution < -0.4 is 0 Å². The fraction of sp³-hybridized carbons (Fsp3) is 0.727. The summed E-state index contributed by atoms with van der Waals surface area (Å²) < 4.78 is 12.9. The highest BCUT2D eigenvalue weighted by atomic mass is 16.7. The van der Waals surface area contributed by atoms with E-state index in [-0.39, 0.29) is 11.5 Å². The topological polar surface area (TPSA) is 82.7 Å². The molecule has 8 heteroatoms. The predicted octanol–water partition coefficient (Wildman–Crippen LogP) is 0.588. The first-order valence-electron chi connectivity index (χ1n) is 6.34. The highest BCUT2D eigenvalue weighted by Gasteiger charge is 2.39. The lowest BCUT2D eigenvalue weighted by Gasteiger charge is -2.37. The number of hydrogen-bond donors (Lipinski definition) is 0. The van der Waals surface area contributed by atoms with E-state index in [1.807, 2.05) is 0 Å². The first-order chi connectivity index (χ1) is 9.17. The van der Waals surface area contributed by atoms with Gasteiger partial charge in [0.2, 0.25) is 0 Å². The second-order valence-corrected chi connectivity index (χ2v) is 4.86. The van der Waals surface area contributed by atoms with Crippen molar-refractivity contribution in [3.8, 4) is 0 Å². The number of ether oxygens (including phenoxy) is 2. The Balaban J connectivity index is 1.55. The summed E-state index contributed by atoms with van der Waals surface area (Å²) in [5, 5.41) is 14.6. The summed E-state index contributed by atoms with van der Waals surface area (Å²) in [6.07, 6.45) is 4.38. The van der Waals surface area contributed by atoms with Crippen molar-refractivity contribution in [1.82, 2.24) is 14.7 Å². The molecular formula is C11H16N4O4. The van der Waals surface area contributed by atoms with Crippen LogP contribution >= 0.6 is 0 Å². The molecule has 1 aromatic heterocycles. The van der Waals surface area contributed by atoms with Crippen LogP contribution in [0.3, 0.4) is 0 Å². The quantitative estimate of drug-likeness (QED) is 0.589. The van der Waals surface area contributed by atoms with E-state index in [0.717, 1.165) is 25.9 Å². The maximum absolute atomic E-state index is 10.6. The lowest BCUT2D eigenvalue weighted by Crippen LogP contribution is -2.45. The minimum absolute atomic E-state index is 0.0240. The first-order valence-corrected chi connectivity index (χ1v) is 6.34. The molecule has 19 heavy (non-hydrogen) atoms. The van der Waals surface area contributed by atoms with Crippen molar-refractivity contribution in [1.29, 1.82) is 0 Å². The fourth-order valence-corrected chi connectivity index (χ4v) is 2.55. The molecule has 0 N–H and O–H groups in total. The Labute approximate surface area is 110 Å². The van der Waals surface area contributed by atoms with Crippen molar-refractivity contribution in [3.63, 3.8) is 0 Å². The SMILES string of the molecule is O=[N+]([O-])c1cnn(CN2CCC3(CC2)OCCO3)c1. The van der Waals surface area contributed by atoms with Gasteiger partial charge >= 0.3 is 5.69 Å². The zero-order valence-electron chi connectivity index (χ0n) is 10.5. The van der Waals surface area contributed by atoms with Crippen LogP contribution in [0.4, 0.5) is 5.69 Å². The third-order valence-corrected chi connectivity index (χ3v) is 3.61. The molecule has 104 valence electrons. The Morgan fingerprint density at radius 2 is 2.05 bits per heavy atom. The second-order valence-electron chi connectivity index (χ2n) is 4.86. The maximum Gasteiger partial charge on any atom is 0.307 e. The molecule has 2 fully saturated rings. The number of aromatic nitrogens is 2. The van der Waals surface area contributed by atoms with Crippen LogP contribution in [0.2, 0.25) is 0 Å². The van der Waals surface area contributed by atoms with Gasteiger partial charge in [-0.25, -0.2) is 0 Å². The number of hydrogen-bond acceptors (Lipinski definition) is 6. The molecule has 0 aliphatic carbocycles. The number of likely N-dealkylation sites (tertiary alicyclic amines) is 1. The van der Waals surface area contributed by atoms with Crippen LogP contribution in [0.15, 0.2) is 12.4 Å². The Morgan fingerprint density at radius 1 is 1.37 bits per heavy atom. The highest BCUT2D eigenvalue weighted by molar-refractivity contribution is 5.20. The minimum Gasteiger partial charge on any atom is -0.347 e. The van der Waals surface area contributed by atoms with Gasteiger partial charge in [0.15, 0.2) is 5.79 Å². The van der Waals surface area contributed by atoms with E-state index in [2.05, 4.69) is 10.00 Å². The Kier molecular flexibility index (Phi) is 3.21. The van der Waals surface area contributed by atoms with Crippen LogP contribution in [-0.4, -0.2) is 51.7 Å². The average Bonchev–Trinajstić information content (AvgIpc) is 3.02. The third kappa shape index (κ3) is 2.60. The van der Waals surface area contributed by atoms with E-state index in [4.69, 9.17) is 9.47 Å². The second kappa shape index (κ2) is 4.87. The third-order valence-electron chi connectivity index (χ3n) is 3.61. The fourth-order valence-electron chi connectivity index (χ4n) is 2.55. The van der Waals surface area contributed by atoms with Crippen molar-refractivity contribution in [2.45, 2.75) is 25.3 Å². The standard InChI is InChI=1S/C11H16N4O4/c16-15(17)10-7-12-14(8-10)9-13-3-1-11(2-4-13)18-5-6-19-11/h7-8H,1-6,9H2. The molecule has 1 spiro atoms. The molecule has 0 radical (unpaired) electrons. The molecule has 0 amide bonds. The normalized spacial score (nSPS) is 22.9. The molecule has 0 aromatic carbocycles. The molecule has 0 saturated carbocycles. The molecule has 0 atom stereocenters. The van der Waals surface area contributed by atoms with E-state index in [1.165, 1.54) is 12.4 Å². The number of rotatable bonds is 3. The Hall–Kier alpha value is -1.51. The lowest BCUT2D eigenvalue weighted by molar-refractivity contribution is -0.385. The summed E-state index contributed by atoms with van der Waals surface area (Å²) in [4.78, 5) is 12.3. The van der Waals surface area contributed by atoms with E-state index >= 15 is 0 Å². The summed E-state index contributed by atoms with van der Waals surface area (Å²) in [6.45, 7) is 3.59. The molecule has 2 aliphatic rings. The van der Waals surface area contributed by atoms with Crippen molar-refractivity contribution >= 4 is 5.69 Å². The molecule has 0 bridgehead atoms. The largest absolute Gasteiger partial charge is 0.347 e. The molecule has 8 nitrogen and oxygen atoms in total. The van der Waals surface area contributed by atoms with Gasteiger partial charge in [0.25, 0.3) is 0 Å². The van der Waals surface area contributed by atoms with E-state index in [0.29, 0.717) is 19.9 Å². The van der Waals surface area contributed by atoms with Gasteiger partial charge in [-0.15, -0.1) is 0 Å². The van der Waals surface area contributed by atoms with Gasteiger partial charge in [0.05, 0.1) is 24.8 Å². The summed E-state index contributed by atoms with van der Waals surface area (Å²) >= 11 is 0. The summed E-state index contributed by atoms with van der Waals surface area (Å²) in [7, 11) is 0. The van der Waals surface area contributed by atoms with E-state index < -0.39 is 4.92 Å². The number of nitro groups is 1. The van der Waals surface area contributed by atoms with Crippen molar-refractivity contribution < 1.29 is 14.4 Å². The van der Waals surface area contributed by atoms with Crippen molar-refractivity contribution in [2.75, 3.05) is 26.3 Å². The van der Waals surface area contributed by atoms with Gasteiger partial charge in [-0.05, 0) is 0 Å². The minimum atomic E-state index is -0.436. The summed E-state index contributed by atoms with van der Waals surface area (Å²) in [5.41, 5.74) is 0.0240. The van der Waals surface area contributed by atoms with Crippen LogP contribution in [-0.2, 0) is 16.1 Å². The van der Waals surface area contributed by atoms with Gasteiger partial charge in [0.1, 0.15) is 12.4 Å². The molecule has 2 saturated heterocycles. The van der Waals surface area contributed by atoms with Gasteiger partial charge in [-0.3, -0.25) is 19.7 Å². The molecule has 0 unspecified atom stereocenters. The van der Waals surface area contributed by atoms with E-state index in [1.54, 1.807) is 4.68 Å². The Morgan fingerprint density at radius 3 is 2.63 bits per heavy atom. The van der Waals surface area contributed by atoms with E-state index in [9.17, 15) is 10.1 Å². The smallest absolute Gasteiger partial charge is 0.307 e. The number of piperidine rings is 1. The van der Waals surface area contributed by atoms with Gasteiger partial charge in [-0.2, -0.15) is 5.10 Å². The average molecular weight is 268 g/mol. The highest BCUT2D eigenvalue weighted by Crippen LogP contribution is 2.31. The maximum atomic E-state index is 10.6. The summed E-state index contributed by atoms with van der Waals surface area (Å²) in [5.74, 6) is -0.382. The van der Waals surface area contributed by atoms with Gasteiger partial charge in [-0.1, -0.05) is 0 Å². The van der Waals surface area contributed by atoms with Gasteiger partial charge in [0, 0.05) is 25.9 Å². The number of nitrogens with zero attached hydrogens (tertiary/aromatic N) is 4. The summed E-state index contributed by atoms with van der Waals surface area (Å²) in [6, 6.07) is 0. The van der Waals surface area contributed by atoms with Crippen molar-refractivity contribution in [3.05, 3.63) is 22.5 Å². The van der Waals surface area contributed by atoms with Crippen LogP contribution in [0.25, 0.3) is 0 Å². The van der Waals surface area contributed by atoms with Crippen molar-refractivity contribution in [2.24, 2.45) is 0 Å². The molecule has 2 aliphatic heterocycles. The zero-order chi connectivity index (χ0) is 13.3. The van der Waals surface area contributed by atoms with Crippen LogP contribution in [0, 0.1) is 10.1 Å². The lowest BCUT2D eigenvalue weighted by atomic mass is 10.0. The monoisotopic (exact) mass is 268 g/mol. The first kappa shape index (κ1) is 12.5. The van der Waals surface area contributed by atoms with Crippen LogP contribution in [0.1, 0.15) is 12.8 Å². The predicted molar refractivity (Wildman–Crippen MR) is 64.3 cm³/mol. The molecule has 3 heterocycles. The van der Waals surface area contributed by atoms with Crippen LogP contribution in [0.5, 0.6) is 0 Å².